The number of H-pyrrole nitrogens is 1. The fourth-order valence-electron chi connectivity index (χ4n) is 1.53. The molecule has 0 fully saturated rings. The summed E-state index contributed by atoms with van der Waals surface area (Å²) in [4.78, 5) is 8.81. The Bertz CT molecular complexity index is 446. The lowest BCUT2D eigenvalue weighted by atomic mass is 10.2. The monoisotopic (exact) mass is 236 g/mol. The highest BCUT2D eigenvalue weighted by Crippen LogP contribution is 2.17. The molecule has 1 N–H and O–H groups in total. The first-order valence-electron chi connectivity index (χ1n) is 5.63. The number of aryl methyl sites for hydroxylation is 2. The van der Waals surface area contributed by atoms with E-state index in [1.165, 1.54) is 19.3 Å². The van der Waals surface area contributed by atoms with Crippen LogP contribution in [0.25, 0.3) is 11.5 Å². The summed E-state index contributed by atoms with van der Waals surface area (Å²) in [7, 11) is 0. The van der Waals surface area contributed by atoms with Crippen LogP contribution in [0.2, 0.25) is 0 Å². The van der Waals surface area contributed by atoms with Crippen molar-refractivity contribution in [2.75, 3.05) is 0 Å². The molecule has 2 rings (SSSR count). The minimum Gasteiger partial charge on any atom is -0.263 e. The van der Waals surface area contributed by atoms with E-state index in [1.807, 2.05) is 12.3 Å². The first-order chi connectivity index (χ1) is 7.79. The summed E-state index contributed by atoms with van der Waals surface area (Å²) in [6.07, 6.45) is 4.61. The SMILES string of the molecule is CCCCCc1nc(-c2csc(C)n2)n[nH]1. The van der Waals surface area contributed by atoms with E-state index in [-0.39, 0.29) is 0 Å². The van der Waals surface area contributed by atoms with Crippen LogP contribution in [0.3, 0.4) is 0 Å². The number of nitrogens with one attached hydrogen (secondary N) is 1. The average molecular weight is 236 g/mol. The third-order valence-electron chi connectivity index (χ3n) is 2.40. The molecule has 0 radical (unpaired) electrons. The quantitative estimate of drug-likeness (QED) is 0.812. The predicted molar refractivity (Wildman–Crippen MR) is 65.5 cm³/mol. The van der Waals surface area contributed by atoms with Gasteiger partial charge in [0.2, 0.25) is 5.82 Å². The Balaban J connectivity index is 2.02. The summed E-state index contributed by atoms with van der Waals surface area (Å²) in [5.74, 6) is 1.69. The maximum absolute atomic E-state index is 4.44. The van der Waals surface area contributed by atoms with Crippen LogP contribution in [0.15, 0.2) is 5.38 Å². The number of aromatic amines is 1. The Labute approximate surface area is 99.2 Å². The van der Waals surface area contributed by atoms with E-state index in [0.717, 1.165) is 28.8 Å². The van der Waals surface area contributed by atoms with Gasteiger partial charge in [-0.05, 0) is 13.3 Å². The molecule has 0 bridgehead atoms. The van der Waals surface area contributed by atoms with Crippen LogP contribution in [-0.2, 0) is 6.42 Å². The Morgan fingerprint density at radius 1 is 1.31 bits per heavy atom. The highest BCUT2D eigenvalue weighted by Gasteiger charge is 2.08. The van der Waals surface area contributed by atoms with Gasteiger partial charge in [-0.2, -0.15) is 5.10 Å². The molecule has 2 aromatic rings. The molecule has 0 aliphatic rings. The van der Waals surface area contributed by atoms with Gasteiger partial charge in [0.05, 0.1) is 5.01 Å². The largest absolute Gasteiger partial charge is 0.263 e. The maximum atomic E-state index is 4.44. The van der Waals surface area contributed by atoms with E-state index in [1.54, 1.807) is 11.3 Å². The van der Waals surface area contributed by atoms with Gasteiger partial charge in [-0.3, -0.25) is 5.10 Å². The van der Waals surface area contributed by atoms with Gasteiger partial charge in [-0.1, -0.05) is 19.8 Å². The fourth-order valence-corrected chi connectivity index (χ4v) is 2.12. The van der Waals surface area contributed by atoms with E-state index in [0.29, 0.717) is 0 Å². The van der Waals surface area contributed by atoms with E-state index in [9.17, 15) is 0 Å². The summed E-state index contributed by atoms with van der Waals surface area (Å²) >= 11 is 1.62. The highest BCUT2D eigenvalue weighted by molar-refractivity contribution is 7.09. The normalized spacial score (nSPS) is 10.9. The molecule has 0 spiro atoms. The lowest BCUT2D eigenvalue weighted by Crippen LogP contribution is -1.88. The smallest absolute Gasteiger partial charge is 0.200 e. The van der Waals surface area contributed by atoms with Crippen LogP contribution in [0.1, 0.15) is 37.0 Å². The van der Waals surface area contributed by atoms with Crippen molar-refractivity contribution < 1.29 is 0 Å². The van der Waals surface area contributed by atoms with E-state index < -0.39 is 0 Å². The van der Waals surface area contributed by atoms with E-state index in [4.69, 9.17) is 0 Å². The summed E-state index contributed by atoms with van der Waals surface area (Å²) in [5, 5.41) is 10.2. The predicted octanol–water partition coefficient (Wildman–Crippen LogP) is 2.97. The molecule has 5 heteroatoms. The summed E-state index contributed by atoms with van der Waals surface area (Å²) in [6, 6.07) is 0. The van der Waals surface area contributed by atoms with Crippen LogP contribution >= 0.6 is 11.3 Å². The number of aromatic nitrogens is 4. The molecule has 2 heterocycles. The number of rotatable bonds is 5. The Morgan fingerprint density at radius 2 is 2.19 bits per heavy atom. The molecule has 0 aromatic carbocycles. The van der Waals surface area contributed by atoms with Crippen molar-refractivity contribution >= 4 is 11.3 Å². The van der Waals surface area contributed by atoms with Crippen LogP contribution < -0.4 is 0 Å². The molecule has 0 aliphatic carbocycles. The third-order valence-corrected chi connectivity index (χ3v) is 3.17. The zero-order valence-electron chi connectivity index (χ0n) is 9.66. The van der Waals surface area contributed by atoms with E-state index in [2.05, 4.69) is 27.1 Å². The lowest BCUT2D eigenvalue weighted by Gasteiger charge is -1.92. The number of thiazole rings is 1. The van der Waals surface area contributed by atoms with Gasteiger partial charge in [0, 0.05) is 11.8 Å². The number of hydrogen-bond donors (Lipinski definition) is 1. The highest BCUT2D eigenvalue weighted by atomic mass is 32.1. The molecular weight excluding hydrogens is 220 g/mol. The topological polar surface area (TPSA) is 54.5 Å². The molecule has 0 atom stereocenters. The summed E-state index contributed by atoms with van der Waals surface area (Å²) < 4.78 is 0. The van der Waals surface area contributed by atoms with Crippen LogP contribution in [0.4, 0.5) is 0 Å². The van der Waals surface area contributed by atoms with Gasteiger partial charge in [-0.25, -0.2) is 9.97 Å². The number of unbranched alkanes of at least 4 members (excludes halogenated alkanes) is 2. The second kappa shape index (κ2) is 5.21. The minimum absolute atomic E-state index is 0.718. The lowest BCUT2D eigenvalue weighted by molar-refractivity contribution is 0.695. The molecule has 2 aromatic heterocycles. The van der Waals surface area contributed by atoms with Crippen LogP contribution in [0.5, 0.6) is 0 Å². The number of hydrogen-bond acceptors (Lipinski definition) is 4. The van der Waals surface area contributed by atoms with Crippen molar-refractivity contribution in [1.29, 1.82) is 0 Å². The first kappa shape index (κ1) is 11.3. The Morgan fingerprint density at radius 3 is 2.88 bits per heavy atom. The average Bonchev–Trinajstić information content (AvgIpc) is 2.87. The summed E-state index contributed by atoms with van der Waals surface area (Å²) in [6.45, 7) is 4.19. The van der Waals surface area contributed by atoms with Crippen molar-refractivity contribution in [2.45, 2.75) is 39.5 Å². The molecule has 16 heavy (non-hydrogen) atoms. The zero-order chi connectivity index (χ0) is 11.4. The molecule has 0 unspecified atom stereocenters. The molecule has 86 valence electrons. The Hall–Kier alpha value is -1.23. The first-order valence-corrected chi connectivity index (χ1v) is 6.51. The minimum atomic E-state index is 0.718. The van der Waals surface area contributed by atoms with Crippen molar-refractivity contribution in [1.82, 2.24) is 20.2 Å². The molecule has 4 nitrogen and oxygen atoms in total. The summed E-state index contributed by atoms with van der Waals surface area (Å²) in [5.41, 5.74) is 0.875. The standard InChI is InChI=1S/C11H16N4S/c1-3-4-5-6-10-13-11(15-14-10)9-7-16-8(2)12-9/h7H,3-6H2,1-2H3,(H,13,14,15). The molecule has 0 saturated heterocycles. The van der Waals surface area contributed by atoms with Crippen molar-refractivity contribution in [2.24, 2.45) is 0 Å². The van der Waals surface area contributed by atoms with Crippen LogP contribution in [-0.4, -0.2) is 20.2 Å². The van der Waals surface area contributed by atoms with E-state index >= 15 is 0 Å². The van der Waals surface area contributed by atoms with Gasteiger partial charge >= 0.3 is 0 Å². The van der Waals surface area contributed by atoms with Gasteiger partial charge in [0.1, 0.15) is 11.5 Å². The second-order valence-electron chi connectivity index (χ2n) is 3.81. The van der Waals surface area contributed by atoms with Gasteiger partial charge in [0.25, 0.3) is 0 Å². The molecule has 0 saturated carbocycles. The molecule has 0 amide bonds. The van der Waals surface area contributed by atoms with Gasteiger partial charge in [0.15, 0.2) is 0 Å². The second-order valence-corrected chi connectivity index (χ2v) is 4.88. The van der Waals surface area contributed by atoms with Crippen LogP contribution in [0, 0.1) is 6.92 Å². The number of nitrogens with zero attached hydrogens (tertiary/aromatic N) is 3. The van der Waals surface area contributed by atoms with Gasteiger partial charge < -0.3 is 0 Å². The van der Waals surface area contributed by atoms with Crippen molar-refractivity contribution in [3.8, 4) is 11.5 Å². The van der Waals surface area contributed by atoms with Crippen molar-refractivity contribution in [3.63, 3.8) is 0 Å². The maximum Gasteiger partial charge on any atom is 0.200 e. The fraction of sp³-hybridized carbons (Fsp3) is 0.545. The zero-order valence-corrected chi connectivity index (χ0v) is 10.5. The Kier molecular flexibility index (Phi) is 3.66. The van der Waals surface area contributed by atoms with Gasteiger partial charge in [-0.15, -0.1) is 11.3 Å². The molecule has 0 aliphatic heterocycles. The van der Waals surface area contributed by atoms with Crippen molar-refractivity contribution in [3.05, 3.63) is 16.2 Å². The molecular formula is C11H16N4S. The third kappa shape index (κ3) is 2.66.